The minimum absolute atomic E-state index is 0.111. The molecule has 0 radical (unpaired) electrons. The van der Waals surface area contributed by atoms with Crippen LogP contribution in [0.2, 0.25) is 0 Å². The fraction of sp³-hybridized carbons (Fsp3) is 0.316. The summed E-state index contributed by atoms with van der Waals surface area (Å²) in [5.41, 5.74) is -0.112. The summed E-state index contributed by atoms with van der Waals surface area (Å²) in [7, 11) is 0. The topological polar surface area (TPSA) is 49.3 Å². The van der Waals surface area contributed by atoms with Gasteiger partial charge in [0.15, 0.2) is 0 Å². The smallest absolute Gasteiger partial charge is 0.230 e. The van der Waals surface area contributed by atoms with E-state index in [0.29, 0.717) is 0 Å². The fourth-order valence-electron chi connectivity index (χ4n) is 2.86. The third-order valence-electron chi connectivity index (χ3n) is 4.57. The second kappa shape index (κ2) is 5.78. The molecule has 0 spiro atoms. The predicted octanol–water partition coefficient (Wildman–Crippen LogP) is 2.88. The van der Waals surface area contributed by atoms with E-state index in [2.05, 4.69) is 5.32 Å². The van der Waals surface area contributed by atoms with E-state index < -0.39 is 11.0 Å². The maximum absolute atomic E-state index is 13.1. The molecule has 23 heavy (non-hydrogen) atoms. The number of rotatable bonds is 5. The number of carbonyl (C=O) groups is 1. The van der Waals surface area contributed by atoms with E-state index in [1.165, 1.54) is 12.1 Å². The minimum atomic E-state index is -1.13. The average Bonchev–Trinajstić information content (AvgIpc) is 3.36. The van der Waals surface area contributed by atoms with Gasteiger partial charge < -0.3 is 10.4 Å². The van der Waals surface area contributed by atoms with Crippen LogP contribution in [0, 0.1) is 5.82 Å². The highest BCUT2D eigenvalue weighted by Gasteiger charge is 2.51. The molecule has 2 aromatic rings. The molecule has 0 aliphatic heterocycles. The number of hydrogen-bond donors (Lipinski definition) is 2. The van der Waals surface area contributed by atoms with Crippen molar-refractivity contribution in [1.82, 2.24) is 5.32 Å². The van der Waals surface area contributed by atoms with Crippen molar-refractivity contribution in [2.45, 2.75) is 30.8 Å². The Balaban J connectivity index is 1.69. The molecular formula is C19H20FNO2. The van der Waals surface area contributed by atoms with Crippen LogP contribution in [0.3, 0.4) is 0 Å². The van der Waals surface area contributed by atoms with Crippen LogP contribution < -0.4 is 5.32 Å². The van der Waals surface area contributed by atoms with E-state index in [1.807, 2.05) is 30.3 Å². The summed E-state index contributed by atoms with van der Waals surface area (Å²) in [5, 5.41) is 13.4. The third kappa shape index (κ3) is 3.13. The number of nitrogens with one attached hydrogen (secondary N) is 1. The standard InChI is InChI=1S/C19H20FNO2/c1-18(23,14-5-3-2-4-6-14)13-21-17(22)19(11-12-19)15-7-9-16(20)10-8-15/h2-10,23H,11-13H2,1H3,(H,21,22). The van der Waals surface area contributed by atoms with Gasteiger partial charge in [0.2, 0.25) is 5.91 Å². The van der Waals surface area contributed by atoms with Crippen molar-refractivity contribution in [3.05, 3.63) is 71.5 Å². The Hall–Kier alpha value is -2.20. The number of halogens is 1. The maximum atomic E-state index is 13.1. The van der Waals surface area contributed by atoms with Crippen LogP contribution in [-0.2, 0) is 15.8 Å². The number of aliphatic hydroxyl groups is 1. The summed E-state index contributed by atoms with van der Waals surface area (Å²) in [6.07, 6.45) is 1.50. The molecule has 1 amide bonds. The summed E-state index contributed by atoms with van der Waals surface area (Å²) in [5.74, 6) is -0.419. The van der Waals surface area contributed by atoms with Crippen LogP contribution in [0.15, 0.2) is 54.6 Å². The van der Waals surface area contributed by atoms with Crippen molar-refractivity contribution in [3.8, 4) is 0 Å². The normalized spacial score (nSPS) is 18.0. The van der Waals surface area contributed by atoms with Crippen LogP contribution in [0.1, 0.15) is 30.9 Å². The van der Waals surface area contributed by atoms with Crippen molar-refractivity contribution < 1.29 is 14.3 Å². The lowest BCUT2D eigenvalue weighted by Gasteiger charge is -2.26. The van der Waals surface area contributed by atoms with E-state index in [9.17, 15) is 14.3 Å². The lowest BCUT2D eigenvalue weighted by Crippen LogP contribution is -2.43. The van der Waals surface area contributed by atoms with Crippen LogP contribution >= 0.6 is 0 Å². The molecule has 2 aromatic carbocycles. The second-order valence-corrected chi connectivity index (χ2v) is 6.41. The lowest BCUT2D eigenvalue weighted by atomic mass is 9.93. The Bertz CT molecular complexity index is 691. The SMILES string of the molecule is CC(O)(CNC(=O)C1(c2ccc(F)cc2)CC1)c1ccccc1. The van der Waals surface area contributed by atoms with E-state index in [-0.39, 0.29) is 18.3 Å². The Kier molecular flexibility index (Phi) is 3.94. The molecule has 1 aliphatic carbocycles. The third-order valence-corrected chi connectivity index (χ3v) is 4.57. The molecule has 0 heterocycles. The van der Waals surface area contributed by atoms with Gasteiger partial charge in [-0.2, -0.15) is 0 Å². The highest BCUT2D eigenvalue weighted by atomic mass is 19.1. The predicted molar refractivity (Wildman–Crippen MR) is 86.3 cm³/mol. The molecule has 1 fully saturated rings. The van der Waals surface area contributed by atoms with Crippen molar-refractivity contribution >= 4 is 5.91 Å². The Morgan fingerprint density at radius 3 is 2.35 bits per heavy atom. The molecule has 3 nitrogen and oxygen atoms in total. The molecule has 120 valence electrons. The van der Waals surface area contributed by atoms with Crippen molar-refractivity contribution in [3.63, 3.8) is 0 Å². The van der Waals surface area contributed by atoms with E-state index in [4.69, 9.17) is 0 Å². The van der Waals surface area contributed by atoms with Gasteiger partial charge in [-0.1, -0.05) is 42.5 Å². The highest BCUT2D eigenvalue weighted by Crippen LogP contribution is 2.48. The number of carbonyl (C=O) groups excluding carboxylic acids is 1. The largest absolute Gasteiger partial charge is 0.384 e. The molecular weight excluding hydrogens is 293 g/mol. The zero-order valence-electron chi connectivity index (χ0n) is 13.1. The second-order valence-electron chi connectivity index (χ2n) is 6.41. The molecule has 3 rings (SSSR count). The van der Waals surface area contributed by atoms with Crippen LogP contribution in [-0.4, -0.2) is 17.6 Å². The monoisotopic (exact) mass is 313 g/mol. The van der Waals surface area contributed by atoms with Gasteiger partial charge in [0.1, 0.15) is 11.4 Å². The molecule has 1 aliphatic rings. The van der Waals surface area contributed by atoms with E-state index in [1.54, 1.807) is 19.1 Å². The first kappa shape index (κ1) is 15.7. The van der Waals surface area contributed by atoms with Crippen molar-refractivity contribution in [2.24, 2.45) is 0 Å². The van der Waals surface area contributed by atoms with Crippen molar-refractivity contribution in [1.29, 1.82) is 0 Å². The van der Waals surface area contributed by atoms with Gasteiger partial charge >= 0.3 is 0 Å². The molecule has 1 saturated carbocycles. The number of amides is 1. The van der Waals surface area contributed by atoms with Gasteiger partial charge in [0, 0.05) is 0 Å². The zero-order chi connectivity index (χ0) is 16.5. The van der Waals surface area contributed by atoms with Gasteiger partial charge in [-0.15, -0.1) is 0 Å². The summed E-state index contributed by atoms with van der Waals surface area (Å²) in [6.45, 7) is 1.82. The van der Waals surface area contributed by atoms with Crippen molar-refractivity contribution in [2.75, 3.05) is 6.54 Å². The quantitative estimate of drug-likeness (QED) is 0.892. The first-order valence-electron chi connectivity index (χ1n) is 7.76. The van der Waals surface area contributed by atoms with Gasteiger partial charge in [0.25, 0.3) is 0 Å². The van der Waals surface area contributed by atoms with E-state index in [0.717, 1.165) is 24.0 Å². The van der Waals surface area contributed by atoms with Gasteiger partial charge in [0.05, 0.1) is 12.0 Å². The number of hydrogen-bond acceptors (Lipinski definition) is 2. The maximum Gasteiger partial charge on any atom is 0.230 e. The first-order chi connectivity index (χ1) is 10.9. The van der Waals surface area contributed by atoms with Crippen LogP contribution in [0.5, 0.6) is 0 Å². The highest BCUT2D eigenvalue weighted by molar-refractivity contribution is 5.91. The molecule has 2 N–H and O–H groups in total. The molecule has 0 saturated heterocycles. The van der Waals surface area contributed by atoms with Gasteiger partial charge in [-0.05, 0) is 43.0 Å². The average molecular weight is 313 g/mol. The molecule has 1 unspecified atom stereocenters. The van der Waals surface area contributed by atoms with Crippen LogP contribution in [0.4, 0.5) is 4.39 Å². The first-order valence-corrected chi connectivity index (χ1v) is 7.76. The Labute approximate surface area is 135 Å². The summed E-state index contributed by atoms with van der Waals surface area (Å²) in [6, 6.07) is 15.3. The van der Waals surface area contributed by atoms with Crippen LogP contribution in [0.25, 0.3) is 0 Å². The van der Waals surface area contributed by atoms with Gasteiger partial charge in [-0.3, -0.25) is 4.79 Å². The summed E-state index contributed by atoms with van der Waals surface area (Å²) in [4.78, 5) is 12.6. The Morgan fingerprint density at radius 1 is 1.17 bits per heavy atom. The summed E-state index contributed by atoms with van der Waals surface area (Å²) >= 11 is 0. The van der Waals surface area contributed by atoms with Gasteiger partial charge in [-0.25, -0.2) is 4.39 Å². The summed E-state index contributed by atoms with van der Waals surface area (Å²) < 4.78 is 13.1. The minimum Gasteiger partial charge on any atom is -0.384 e. The fourth-order valence-corrected chi connectivity index (χ4v) is 2.86. The molecule has 0 bridgehead atoms. The lowest BCUT2D eigenvalue weighted by molar-refractivity contribution is -0.124. The molecule has 1 atom stereocenters. The van der Waals surface area contributed by atoms with E-state index >= 15 is 0 Å². The molecule has 0 aromatic heterocycles. The molecule has 4 heteroatoms. The zero-order valence-corrected chi connectivity index (χ0v) is 13.1. The number of benzene rings is 2. The Morgan fingerprint density at radius 2 is 1.78 bits per heavy atom.